The minimum Gasteiger partial charge on any atom is -0.298 e. The molecule has 1 aromatic rings. The lowest BCUT2D eigenvalue weighted by Crippen LogP contribution is -2.39. The fourth-order valence-electron chi connectivity index (χ4n) is 2.34. The topological polar surface area (TPSA) is 17.1 Å². The third-order valence-corrected chi connectivity index (χ3v) is 6.45. The molecule has 0 heterocycles. The van der Waals surface area contributed by atoms with Crippen molar-refractivity contribution < 1.29 is 4.79 Å². The van der Waals surface area contributed by atoms with Crippen LogP contribution in [0.4, 0.5) is 0 Å². The van der Waals surface area contributed by atoms with Crippen LogP contribution in [0.25, 0.3) is 0 Å². The van der Waals surface area contributed by atoms with Gasteiger partial charge in [-0.3, -0.25) is 4.79 Å². The summed E-state index contributed by atoms with van der Waals surface area (Å²) in [4.78, 5) is 11.2. The molecule has 0 aromatic heterocycles. The molecule has 19 heavy (non-hydrogen) atoms. The maximum Gasteiger partial charge on any atom is 0.145 e. The van der Waals surface area contributed by atoms with E-state index in [1.54, 1.807) is 0 Å². The Morgan fingerprint density at radius 2 is 1.79 bits per heavy atom. The number of hydrogen-bond donors (Lipinski definition) is 0. The Labute approximate surface area is 118 Å². The van der Waals surface area contributed by atoms with Crippen molar-refractivity contribution in [3.63, 3.8) is 0 Å². The van der Waals surface area contributed by atoms with Gasteiger partial charge in [0.15, 0.2) is 0 Å². The van der Waals surface area contributed by atoms with E-state index in [1.165, 1.54) is 24.4 Å². The fourth-order valence-corrected chi connectivity index (χ4v) is 4.69. The average molecular weight is 274 g/mol. The minimum atomic E-state index is -1.63. The van der Waals surface area contributed by atoms with Crippen LogP contribution in [0.2, 0.25) is 13.1 Å². The van der Waals surface area contributed by atoms with E-state index < -0.39 is 8.07 Å². The van der Waals surface area contributed by atoms with Gasteiger partial charge in [-0.15, -0.1) is 0 Å². The Morgan fingerprint density at radius 3 is 2.37 bits per heavy atom. The van der Waals surface area contributed by atoms with Crippen LogP contribution in [0.15, 0.2) is 41.6 Å². The normalized spacial score (nSPS) is 12.5. The van der Waals surface area contributed by atoms with Gasteiger partial charge in [-0.1, -0.05) is 80.5 Å². The van der Waals surface area contributed by atoms with Gasteiger partial charge in [0, 0.05) is 0 Å². The SMILES string of the molecule is CCCCCC/C(C=O)=C/[Si](C)(C)c1ccccc1. The van der Waals surface area contributed by atoms with Gasteiger partial charge in [0.1, 0.15) is 14.4 Å². The van der Waals surface area contributed by atoms with Crippen LogP contribution >= 0.6 is 0 Å². The van der Waals surface area contributed by atoms with E-state index in [2.05, 4.69) is 50.0 Å². The Hall–Kier alpha value is -1.15. The molecule has 0 spiro atoms. The van der Waals surface area contributed by atoms with E-state index in [9.17, 15) is 4.79 Å². The van der Waals surface area contributed by atoms with Crippen molar-refractivity contribution in [1.29, 1.82) is 0 Å². The molecule has 0 saturated heterocycles. The van der Waals surface area contributed by atoms with Crippen LogP contribution in [0.1, 0.15) is 39.0 Å². The number of hydrogen-bond acceptors (Lipinski definition) is 1. The lowest BCUT2D eigenvalue weighted by Gasteiger charge is -2.19. The molecule has 0 aliphatic rings. The van der Waals surface area contributed by atoms with Crippen molar-refractivity contribution in [2.24, 2.45) is 0 Å². The predicted molar refractivity (Wildman–Crippen MR) is 86.5 cm³/mol. The number of allylic oxidation sites excluding steroid dienone is 1. The van der Waals surface area contributed by atoms with E-state index in [0.29, 0.717) is 0 Å². The summed E-state index contributed by atoms with van der Waals surface area (Å²) in [6.07, 6.45) is 6.87. The van der Waals surface area contributed by atoms with Crippen molar-refractivity contribution in [2.45, 2.75) is 52.1 Å². The first-order valence-corrected chi connectivity index (χ1v) is 10.4. The van der Waals surface area contributed by atoms with Gasteiger partial charge in [0.25, 0.3) is 0 Å². The lowest BCUT2D eigenvalue weighted by molar-refractivity contribution is -0.105. The molecule has 0 bridgehead atoms. The Bertz CT molecular complexity index is 407. The molecule has 1 nitrogen and oxygen atoms in total. The summed E-state index contributed by atoms with van der Waals surface area (Å²) in [5, 5.41) is 1.39. The van der Waals surface area contributed by atoms with Crippen LogP contribution in [-0.4, -0.2) is 14.4 Å². The number of carbonyl (C=O) groups is 1. The van der Waals surface area contributed by atoms with Crippen LogP contribution in [0.3, 0.4) is 0 Å². The molecule has 0 amide bonds. The minimum absolute atomic E-state index is 0.937. The molecular weight excluding hydrogens is 248 g/mol. The standard InChI is InChI=1S/C17H26OSi/c1-4-5-6-8-11-16(14-18)15-19(2,3)17-12-9-7-10-13-17/h7,9-10,12-15H,4-6,8,11H2,1-3H3/b16-15-. The molecule has 0 N–H and O–H groups in total. The van der Waals surface area contributed by atoms with E-state index in [1.807, 2.05) is 6.07 Å². The molecule has 0 atom stereocenters. The molecule has 1 aromatic carbocycles. The lowest BCUT2D eigenvalue weighted by atomic mass is 10.1. The number of benzene rings is 1. The van der Waals surface area contributed by atoms with Crippen LogP contribution < -0.4 is 5.19 Å². The van der Waals surface area contributed by atoms with Crippen molar-refractivity contribution >= 4 is 19.5 Å². The highest BCUT2D eigenvalue weighted by Gasteiger charge is 2.20. The monoisotopic (exact) mass is 274 g/mol. The maximum atomic E-state index is 11.2. The molecule has 0 saturated carbocycles. The van der Waals surface area contributed by atoms with Crippen LogP contribution in [0.5, 0.6) is 0 Å². The van der Waals surface area contributed by atoms with Gasteiger partial charge < -0.3 is 0 Å². The first kappa shape index (κ1) is 15.9. The van der Waals surface area contributed by atoms with Gasteiger partial charge in [-0.25, -0.2) is 0 Å². The van der Waals surface area contributed by atoms with Crippen molar-refractivity contribution in [3.05, 3.63) is 41.6 Å². The van der Waals surface area contributed by atoms with E-state index in [0.717, 1.165) is 24.7 Å². The van der Waals surface area contributed by atoms with Gasteiger partial charge >= 0.3 is 0 Å². The third-order valence-electron chi connectivity index (χ3n) is 3.53. The quantitative estimate of drug-likeness (QED) is 0.300. The highest BCUT2D eigenvalue weighted by atomic mass is 28.3. The summed E-state index contributed by atoms with van der Waals surface area (Å²) in [5.41, 5.74) is 3.26. The summed E-state index contributed by atoms with van der Waals surface area (Å²) in [7, 11) is -1.63. The van der Waals surface area contributed by atoms with Crippen molar-refractivity contribution in [3.8, 4) is 0 Å². The Balaban J connectivity index is 2.70. The van der Waals surface area contributed by atoms with Crippen molar-refractivity contribution in [2.75, 3.05) is 0 Å². The number of unbranched alkanes of at least 4 members (excludes halogenated alkanes) is 3. The molecule has 104 valence electrons. The highest BCUT2D eigenvalue weighted by Crippen LogP contribution is 2.13. The zero-order chi connectivity index (χ0) is 14.1. The second kappa shape index (κ2) is 8.11. The van der Waals surface area contributed by atoms with Gasteiger partial charge in [-0.05, 0) is 18.4 Å². The predicted octanol–water partition coefficient (Wildman–Crippen LogP) is 4.24. The molecular formula is C17H26OSi. The summed E-state index contributed by atoms with van der Waals surface area (Å²) in [6.45, 7) is 6.82. The molecule has 0 aliphatic heterocycles. The van der Waals surface area contributed by atoms with Gasteiger partial charge in [0.05, 0.1) is 0 Å². The summed E-state index contributed by atoms with van der Waals surface area (Å²) in [6, 6.07) is 10.6. The fraction of sp³-hybridized carbons (Fsp3) is 0.471. The number of aldehydes is 1. The first-order valence-electron chi connectivity index (χ1n) is 7.32. The Morgan fingerprint density at radius 1 is 1.11 bits per heavy atom. The number of carbonyl (C=O) groups excluding carboxylic acids is 1. The molecule has 2 heteroatoms. The maximum absolute atomic E-state index is 11.2. The molecule has 0 unspecified atom stereocenters. The Kier molecular flexibility index (Phi) is 6.78. The summed E-state index contributed by atoms with van der Waals surface area (Å²) in [5.74, 6) is 0. The smallest absolute Gasteiger partial charge is 0.145 e. The van der Waals surface area contributed by atoms with E-state index in [-0.39, 0.29) is 0 Å². The third kappa shape index (κ3) is 5.56. The second-order valence-electron chi connectivity index (χ2n) is 5.74. The van der Waals surface area contributed by atoms with Crippen molar-refractivity contribution in [1.82, 2.24) is 0 Å². The molecule has 1 rings (SSSR count). The molecule has 0 radical (unpaired) electrons. The van der Waals surface area contributed by atoms with Gasteiger partial charge in [0.2, 0.25) is 0 Å². The first-order chi connectivity index (χ1) is 9.10. The van der Waals surface area contributed by atoms with Crippen LogP contribution in [-0.2, 0) is 4.79 Å². The zero-order valence-electron chi connectivity index (χ0n) is 12.5. The van der Waals surface area contributed by atoms with Crippen LogP contribution in [0, 0.1) is 0 Å². The zero-order valence-corrected chi connectivity index (χ0v) is 13.5. The molecule has 0 aliphatic carbocycles. The summed E-state index contributed by atoms with van der Waals surface area (Å²) >= 11 is 0. The van der Waals surface area contributed by atoms with E-state index >= 15 is 0 Å². The van der Waals surface area contributed by atoms with E-state index in [4.69, 9.17) is 0 Å². The largest absolute Gasteiger partial charge is 0.298 e. The summed E-state index contributed by atoms with van der Waals surface area (Å²) < 4.78 is 0. The molecule has 0 fully saturated rings. The second-order valence-corrected chi connectivity index (χ2v) is 10.0. The number of rotatable bonds is 8. The average Bonchev–Trinajstić information content (AvgIpc) is 2.43. The van der Waals surface area contributed by atoms with Gasteiger partial charge in [-0.2, -0.15) is 0 Å². The highest BCUT2D eigenvalue weighted by molar-refractivity contribution is 6.94.